The highest BCUT2D eigenvalue weighted by Gasteiger charge is 2.00. The van der Waals surface area contributed by atoms with Crippen LogP contribution in [0, 0.1) is 0 Å². The van der Waals surface area contributed by atoms with E-state index in [1.54, 1.807) is 0 Å². The Labute approximate surface area is 108 Å². The summed E-state index contributed by atoms with van der Waals surface area (Å²) in [6.45, 7) is 5.01. The van der Waals surface area contributed by atoms with E-state index in [1.807, 2.05) is 38.1 Å². The molecule has 0 fully saturated rings. The van der Waals surface area contributed by atoms with Crippen LogP contribution >= 0.6 is 0 Å². The Bertz CT molecular complexity index is 360. The van der Waals surface area contributed by atoms with Gasteiger partial charge in [0.25, 0.3) is 0 Å². The van der Waals surface area contributed by atoms with E-state index in [2.05, 4.69) is 10.1 Å². The van der Waals surface area contributed by atoms with Gasteiger partial charge in [0.15, 0.2) is 0 Å². The molecule has 0 heterocycles. The first-order valence-electron chi connectivity index (χ1n) is 6.15. The fraction of sp³-hybridized carbons (Fsp3) is 0.500. The second kappa shape index (κ2) is 7.71. The minimum Gasteiger partial charge on any atom is -0.491 e. The zero-order valence-corrected chi connectivity index (χ0v) is 11.2. The van der Waals surface area contributed by atoms with E-state index in [9.17, 15) is 4.79 Å². The maximum absolute atomic E-state index is 10.9. The van der Waals surface area contributed by atoms with E-state index in [4.69, 9.17) is 4.74 Å². The molecule has 0 spiro atoms. The number of hydrogen-bond donors (Lipinski definition) is 1. The molecule has 1 aromatic rings. The predicted molar refractivity (Wildman–Crippen MR) is 70.8 cm³/mol. The van der Waals surface area contributed by atoms with Gasteiger partial charge in [-0.1, -0.05) is 12.1 Å². The van der Waals surface area contributed by atoms with Gasteiger partial charge in [-0.05, 0) is 44.5 Å². The highest BCUT2D eigenvalue weighted by atomic mass is 16.5. The maximum Gasteiger partial charge on any atom is 0.319 e. The van der Waals surface area contributed by atoms with Crippen molar-refractivity contribution in [3.63, 3.8) is 0 Å². The van der Waals surface area contributed by atoms with Crippen LogP contribution in [0.2, 0.25) is 0 Å². The summed E-state index contributed by atoms with van der Waals surface area (Å²) in [4.78, 5) is 10.9. The molecule has 100 valence electrons. The lowest BCUT2D eigenvalue weighted by Crippen LogP contribution is -2.25. The summed E-state index contributed by atoms with van der Waals surface area (Å²) in [7, 11) is 1.39. The summed E-state index contributed by atoms with van der Waals surface area (Å²) in [6.07, 6.45) is 1.07. The van der Waals surface area contributed by atoms with Gasteiger partial charge in [0, 0.05) is 0 Å². The average molecular weight is 251 g/mol. The number of methoxy groups -OCH3 is 1. The molecule has 0 amide bonds. The molecule has 0 saturated heterocycles. The number of esters is 1. The molecule has 18 heavy (non-hydrogen) atoms. The van der Waals surface area contributed by atoms with Crippen molar-refractivity contribution in [2.45, 2.75) is 26.4 Å². The first-order chi connectivity index (χ1) is 8.61. The molecular weight excluding hydrogens is 230 g/mol. The molecule has 0 aromatic heterocycles. The lowest BCUT2D eigenvalue weighted by atomic mass is 10.1. The highest BCUT2D eigenvalue weighted by Crippen LogP contribution is 2.13. The molecule has 4 heteroatoms. The van der Waals surface area contributed by atoms with Gasteiger partial charge in [-0.15, -0.1) is 0 Å². The molecule has 0 unspecified atom stereocenters. The molecule has 0 aliphatic rings. The minimum absolute atomic E-state index is 0.192. The van der Waals surface area contributed by atoms with Crippen molar-refractivity contribution in [3.05, 3.63) is 29.8 Å². The highest BCUT2D eigenvalue weighted by molar-refractivity contribution is 5.71. The van der Waals surface area contributed by atoms with E-state index >= 15 is 0 Å². The number of ether oxygens (including phenoxy) is 2. The molecule has 1 rings (SSSR count). The van der Waals surface area contributed by atoms with Crippen molar-refractivity contribution >= 4 is 5.97 Å². The number of hydrogen-bond acceptors (Lipinski definition) is 4. The van der Waals surface area contributed by atoms with Gasteiger partial charge in [0.05, 0.1) is 19.8 Å². The summed E-state index contributed by atoms with van der Waals surface area (Å²) in [5, 5.41) is 3.03. The average Bonchev–Trinajstić information content (AvgIpc) is 2.35. The van der Waals surface area contributed by atoms with Crippen molar-refractivity contribution in [1.29, 1.82) is 0 Å². The van der Waals surface area contributed by atoms with Crippen LogP contribution in [0.5, 0.6) is 5.75 Å². The van der Waals surface area contributed by atoms with Crippen molar-refractivity contribution in [1.82, 2.24) is 5.32 Å². The number of nitrogens with one attached hydrogen (secondary N) is 1. The number of rotatable bonds is 7. The van der Waals surface area contributed by atoms with E-state index in [1.165, 1.54) is 12.7 Å². The first kappa shape index (κ1) is 14.5. The topological polar surface area (TPSA) is 47.6 Å². The van der Waals surface area contributed by atoms with Crippen LogP contribution in [0.3, 0.4) is 0 Å². The second-order valence-corrected chi connectivity index (χ2v) is 4.31. The minimum atomic E-state index is -0.240. The van der Waals surface area contributed by atoms with E-state index < -0.39 is 0 Å². The second-order valence-electron chi connectivity index (χ2n) is 4.31. The molecular formula is C14H21NO3. The summed E-state index contributed by atoms with van der Waals surface area (Å²) in [5.74, 6) is 0.645. The summed E-state index contributed by atoms with van der Waals surface area (Å²) in [5.41, 5.74) is 1.21. The Morgan fingerprint density at radius 2 is 1.94 bits per heavy atom. The monoisotopic (exact) mass is 251 g/mol. The van der Waals surface area contributed by atoms with Crippen LogP contribution in [-0.4, -0.2) is 32.3 Å². The largest absolute Gasteiger partial charge is 0.491 e. The first-order valence-corrected chi connectivity index (χ1v) is 6.15. The summed E-state index contributed by atoms with van der Waals surface area (Å²) >= 11 is 0. The number of carbonyl (C=O) groups excluding carboxylic acids is 1. The van der Waals surface area contributed by atoms with Crippen LogP contribution < -0.4 is 10.1 Å². The third-order valence-corrected chi connectivity index (χ3v) is 2.38. The normalized spacial score (nSPS) is 10.4. The number of carbonyl (C=O) groups is 1. The Balaban J connectivity index is 2.28. The fourth-order valence-corrected chi connectivity index (χ4v) is 1.50. The maximum atomic E-state index is 10.9. The van der Waals surface area contributed by atoms with Crippen LogP contribution in [0.15, 0.2) is 24.3 Å². The van der Waals surface area contributed by atoms with Gasteiger partial charge in [-0.3, -0.25) is 4.79 Å². The lowest BCUT2D eigenvalue weighted by Gasteiger charge is -2.10. The number of benzene rings is 1. The van der Waals surface area contributed by atoms with E-state index in [0.29, 0.717) is 0 Å². The predicted octanol–water partition coefficient (Wildman–Crippen LogP) is 1.78. The molecule has 1 aromatic carbocycles. The van der Waals surface area contributed by atoms with Crippen molar-refractivity contribution in [3.8, 4) is 5.75 Å². The third kappa shape index (κ3) is 5.68. The van der Waals surface area contributed by atoms with Gasteiger partial charge in [-0.2, -0.15) is 0 Å². The molecule has 0 saturated carbocycles. The van der Waals surface area contributed by atoms with Crippen molar-refractivity contribution in [2.24, 2.45) is 0 Å². The standard InChI is InChI=1S/C14H21NO3/c1-11(2)18-13-6-4-12(5-7-13)8-9-15-10-14(16)17-3/h4-7,11,15H,8-10H2,1-3H3. The van der Waals surface area contributed by atoms with Crippen LogP contribution in [0.1, 0.15) is 19.4 Å². The van der Waals surface area contributed by atoms with Gasteiger partial charge < -0.3 is 14.8 Å². The van der Waals surface area contributed by atoms with Crippen molar-refractivity contribution < 1.29 is 14.3 Å². The van der Waals surface area contributed by atoms with Crippen LogP contribution in [0.25, 0.3) is 0 Å². The van der Waals surface area contributed by atoms with Crippen LogP contribution in [0.4, 0.5) is 0 Å². The quantitative estimate of drug-likeness (QED) is 0.593. The van der Waals surface area contributed by atoms with E-state index in [0.717, 1.165) is 18.7 Å². The van der Waals surface area contributed by atoms with E-state index in [-0.39, 0.29) is 18.6 Å². The zero-order chi connectivity index (χ0) is 13.4. The summed E-state index contributed by atoms with van der Waals surface area (Å²) in [6, 6.07) is 8.01. The Hall–Kier alpha value is -1.55. The molecule has 0 atom stereocenters. The zero-order valence-electron chi connectivity index (χ0n) is 11.2. The Kier molecular flexibility index (Phi) is 6.22. The van der Waals surface area contributed by atoms with Gasteiger partial charge in [0.2, 0.25) is 0 Å². The van der Waals surface area contributed by atoms with Crippen molar-refractivity contribution in [2.75, 3.05) is 20.2 Å². The lowest BCUT2D eigenvalue weighted by molar-refractivity contribution is -0.139. The van der Waals surface area contributed by atoms with Crippen LogP contribution in [-0.2, 0) is 16.0 Å². The van der Waals surface area contributed by atoms with Gasteiger partial charge in [0.1, 0.15) is 5.75 Å². The molecule has 0 aliphatic carbocycles. The summed E-state index contributed by atoms with van der Waals surface area (Å²) < 4.78 is 10.1. The molecule has 0 radical (unpaired) electrons. The molecule has 4 nitrogen and oxygen atoms in total. The Morgan fingerprint density at radius 1 is 1.28 bits per heavy atom. The molecule has 1 N–H and O–H groups in total. The molecule has 0 bridgehead atoms. The third-order valence-electron chi connectivity index (χ3n) is 2.38. The smallest absolute Gasteiger partial charge is 0.319 e. The Morgan fingerprint density at radius 3 is 2.50 bits per heavy atom. The fourth-order valence-electron chi connectivity index (χ4n) is 1.50. The molecule has 0 aliphatic heterocycles. The van der Waals surface area contributed by atoms with Gasteiger partial charge >= 0.3 is 5.97 Å². The SMILES string of the molecule is COC(=O)CNCCc1ccc(OC(C)C)cc1. The van der Waals surface area contributed by atoms with Gasteiger partial charge in [-0.25, -0.2) is 0 Å².